The van der Waals surface area contributed by atoms with Crippen LogP contribution in [0, 0.1) is 0 Å². The predicted molar refractivity (Wildman–Crippen MR) is 118 cm³/mol. The van der Waals surface area contributed by atoms with E-state index >= 15 is 0 Å². The molecule has 5 rings (SSSR count). The molecule has 2 N–H and O–H groups in total. The molecule has 0 bridgehead atoms. The Labute approximate surface area is 188 Å². The van der Waals surface area contributed by atoms with E-state index in [0.717, 1.165) is 18.4 Å². The van der Waals surface area contributed by atoms with Crippen molar-refractivity contribution in [3.05, 3.63) is 81.6 Å². The number of carbonyl (C=O) groups excluding carboxylic acids is 1. The maximum absolute atomic E-state index is 12.8. The molecule has 1 amide bonds. The zero-order valence-electron chi connectivity index (χ0n) is 18.0. The third-order valence-electron chi connectivity index (χ3n) is 5.85. The lowest BCUT2D eigenvalue weighted by atomic mass is 9.99. The second-order valence-corrected chi connectivity index (χ2v) is 8.01. The number of hydrogen-bond acceptors (Lipinski definition) is 8. The van der Waals surface area contributed by atoms with Crippen LogP contribution in [0.25, 0.3) is 11.0 Å². The Balaban J connectivity index is 1.30. The normalized spacial score (nSPS) is 18.1. The van der Waals surface area contributed by atoms with Gasteiger partial charge in [0.2, 0.25) is 5.89 Å². The van der Waals surface area contributed by atoms with Crippen LogP contribution in [0.1, 0.15) is 58.7 Å². The molecule has 10 heteroatoms. The van der Waals surface area contributed by atoms with Gasteiger partial charge < -0.3 is 15.0 Å². The summed E-state index contributed by atoms with van der Waals surface area (Å²) in [5, 5.41) is 4.37. The summed E-state index contributed by atoms with van der Waals surface area (Å²) in [5.41, 5.74) is 7.53. The zero-order chi connectivity index (χ0) is 22.9. The monoisotopic (exact) mass is 446 g/mol. The summed E-state index contributed by atoms with van der Waals surface area (Å²) in [4.78, 5) is 36.7. The van der Waals surface area contributed by atoms with Crippen molar-refractivity contribution in [1.29, 1.82) is 0 Å². The summed E-state index contributed by atoms with van der Waals surface area (Å²) in [6.45, 7) is 2.70. The highest BCUT2D eigenvalue weighted by atomic mass is 16.5. The van der Waals surface area contributed by atoms with E-state index < -0.39 is 5.91 Å². The van der Waals surface area contributed by atoms with Gasteiger partial charge in [-0.05, 0) is 36.1 Å². The van der Waals surface area contributed by atoms with Crippen LogP contribution in [-0.4, -0.2) is 37.2 Å². The van der Waals surface area contributed by atoms with Crippen molar-refractivity contribution in [3.63, 3.8) is 0 Å². The molecule has 1 fully saturated rings. The number of amides is 1. The van der Waals surface area contributed by atoms with Crippen LogP contribution in [0.2, 0.25) is 0 Å². The fourth-order valence-corrected chi connectivity index (χ4v) is 3.95. The van der Waals surface area contributed by atoms with Crippen LogP contribution >= 0.6 is 0 Å². The Kier molecular flexibility index (Phi) is 5.43. The number of aromatic nitrogens is 5. The standard InChI is InChI=1S/C23H22N6O4/c1-2-13-3-5-14(6-4-13)18-9-15(11-32-18)21-27-19(33-28-21)10-29-12-25-22-16(23(29)31)7-8-17(26-22)20(24)30/h3-8,12,15,18H,2,9-11H2,1H3,(H2,24,30)/t15-,18+/m0/s1. The number of aryl methyl sites for hydroxylation is 1. The van der Waals surface area contributed by atoms with Crippen molar-refractivity contribution in [2.75, 3.05) is 6.61 Å². The molecule has 10 nitrogen and oxygen atoms in total. The van der Waals surface area contributed by atoms with Crippen LogP contribution in [-0.2, 0) is 17.7 Å². The van der Waals surface area contributed by atoms with Gasteiger partial charge in [-0.15, -0.1) is 0 Å². The van der Waals surface area contributed by atoms with Gasteiger partial charge in [-0.2, -0.15) is 4.98 Å². The summed E-state index contributed by atoms with van der Waals surface area (Å²) in [6.07, 6.45) is 3.09. The molecule has 0 saturated carbocycles. The van der Waals surface area contributed by atoms with E-state index in [-0.39, 0.29) is 40.9 Å². The van der Waals surface area contributed by atoms with E-state index in [9.17, 15) is 9.59 Å². The third kappa shape index (κ3) is 4.12. The van der Waals surface area contributed by atoms with E-state index in [1.54, 1.807) is 0 Å². The van der Waals surface area contributed by atoms with E-state index in [4.69, 9.17) is 15.0 Å². The number of carbonyl (C=O) groups is 1. The molecule has 1 saturated heterocycles. The summed E-state index contributed by atoms with van der Waals surface area (Å²) < 4.78 is 12.7. The SMILES string of the molecule is CCc1ccc([C@H]2C[C@H](c3noc(Cn4cnc5nc(C(N)=O)ccc5c4=O)n3)CO2)cc1. The highest BCUT2D eigenvalue weighted by Gasteiger charge is 2.31. The lowest BCUT2D eigenvalue weighted by molar-refractivity contribution is 0.0996. The van der Waals surface area contributed by atoms with Gasteiger partial charge in [-0.3, -0.25) is 14.2 Å². The van der Waals surface area contributed by atoms with Crippen molar-refractivity contribution < 1.29 is 14.1 Å². The van der Waals surface area contributed by atoms with Gasteiger partial charge >= 0.3 is 0 Å². The van der Waals surface area contributed by atoms with Crippen LogP contribution in [0.5, 0.6) is 0 Å². The Morgan fingerprint density at radius 3 is 2.76 bits per heavy atom. The van der Waals surface area contributed by atoms with Gasteiger partial charge in [-0.1, -0.05) is 36.3 Å². The second-order valence-electron chi connectivity index (χ2n) is 8.01. The quantitative estimate of drug-likeness (QED) is 0.475. The Morgan fingerprint density at radius 1 is 1.18 bits per heavy atom. The highest BCUT2D eigenvalue weighted by Crippen LogP contribution is 2.37. The molecular weight excluding hydrogens is 424 g/mol. The van der Waals surface area contributed by atoms with Gasteiger partial charge in [0.05, 0.1) is 18.1 Å². The van der Waals surface area contributed by atoms with Crippen molar-refractivity contribution in [1.82, 2.24) is 24.7 Å². The minimum absolute atomic E-state index is 0.00652. The molecule has 0 radical (unpaired) electrons. The van der Waals surface area contributed by atoms with Gasteiger partial charge in [0.15, 0.2) is 11.5 Å². The first-order chi connectivity index (χ1) is 16.0. The number of ether oxygens (including phenoxy) is 1. The molecule has 1 aliphatic heterocycles. The average molecular weight is 446 g/mol. The van der Waals surface area contributed by atoms with E-state index in [1.165, 1.54) is 28.6 Å². The Bertz CT molecular complexity index is 1380. The van der Waals surface area contributed by atoms with Gasteiger partial charge in [-0.25, -0.2) is 9.97 Å². The van der Waals surface area contributed by atoms with Gasteiger partial charge in [0.25, 0.3) is 11.5 Å². The molecular formula is C23H22N6O4. The highest BCUT2D eigenvalue weighted by molar-refractivity contribution is 5.92. The molecule has 33 heavy (non-hydrogen) atoms. The molecule has 4 aromatic rings. The molecule has 3 aromatic heterocycles. The molecule has 2 atom stereocenters. The van der Waals surface area contributed by atoms with Crippen LogP contribution in [0.15, 0.2) is 52.0 Å². The lowest BCUT2D eigenvalue weighted by Gasteiger charge is -2.10. The molecule has 0 unspecified atom stereocenters. The molecule has 4 heterocycles. The molecule has 1 aromatic carbocycles. The van der Waals surface area contributed by atoms with Crippen LogP contribution in [0.3, 0.4) is 0 Å². The first kappa shape index (κ1) is 21.0. The number of benzene rings is 1. The maximum atomic E-state index is 12.8. The summed E-state index contributed by atoms with van der Waals surface area (Å²) in [5.74, 6) is 0.191. The Morgan fingerprint density at radius 2 is 2.00 bits per heavy atom. The predicted octanol–water partition coefficient (Wildman–Crippen LogP) is 2.13. The van der Waals surface area contributed by atoms with Gasteiger partial charge in [0, 0.05) is 5.92 Å². The van der Waals surface area contributed by atoms with Crippen LogP contribution in [0.4, 0.5) is 0 Å². The third-order valence-corrected chi connectivity index (χ3v) is 5.85. The van der Waals surface area contributed by atoms with Crippen molar-refractivity contribution in [2.24, 2.45) is 5.73 Å². The number of rotatable bonds is 6. The lowest BCUT2D eigenvalue weighted by Crippen LogP contribution is -2.22. The minimum atomic E-state index is -0.683. The number of hydrogen-bond donors (Lipinski definition) is 1. The number of primary amides is 1. The number of fused-ring (bicyclic) bond motifs is 1. The Hall–Kier alpha value is -3.92. The molecule has 0 aliphatic carbocycles. The second kappa shape index (κ2) is 8.55. The largest absolute Gasteiger partial charge is 0.373 e. The fourth-order valence-electron chi connectivity index (χ4n) is 3.95. The topological polar surface area (TPSA) is 139 Å². The van der Waals surface area contributed by atoms with Crippen molar-refractivity contribution in [3.8, 4) is 0 Å². The summed E-state index contributed by atoms with van der Waals surface area (Å²) in [7, 11) is 0. The smallest absolute Gasteiger partial charge is 0.267 e. The molecule has 168 valence electrons. The first-order valence-electron chi connectivity index (χ1n) is 10.7. The minimum Gasteiger partial charge on any atom is -0.373 e. The van der Waals surface area contributed by atoms with Crippen molar-refractivity contribution in [2.45, 2.75) is 38.3 Å². The molecule has 1 aliphatic rings. The summed E-state index contributed by atoms with van der Waals surface area (Å²) in [6, 6.07) is 11.3. The first-order valence-corrected chi connectivity index (χ1v) is 10.7. The van der Waals surface area contributed by atoms with E-state index in [0.29, 0.717) is 18.3 Å². The fraction of sp³-hybridized carbons (Fsp3) is 0.304. The van der Waals surface area contributed by atoms with E-state index in [2.05, 4.69) is 51.3 Å². The van der Waals surface area contributed by atoms with E-state index in [1.807, 2.05) is 0 Å². The summed E-state index contributed by atoms with van der Waals surface area (Å²) >= 11 is 0. The zero-order valence-corrected chi connectivity index (χ0v) is 18.0. The van der Waals surface area contributed by atoms with Crippen LogP contribution < -0.4 is 11.3 Å². The average Bonchev–Trinajstić information content (AvgIpc) is 3.50. The van der Waals surface area contributed by atoms with Gasteiger partial charge in [0.1, 0.15) is 18.6 Å². The number of pyridine rings is 1. The maximum Gasteiger partial charge on any atom is 0.267 e. The van der Waals surface area contributed by atoms with Crippen molar-refractivity contribution >= 4 is 16.9 Å². The number of nitrogens with two attached hydrogens (primary N) is 1. The molecule has 0 spiro atoms. The number of nitrogens with zero attached hydrogens (tertiary/aromatic N) is 5.